The van der Waals surface area contributed by atoms with Gasteiger partial charge < -0.3 is 15.2 Å². The molecule has 3 aromatic rings. The van der Waals surface area contributed by atoms with Crippen molar-refractivity contribution < 1.29 is 18.9 Å². The van der Waals surface area contributed by atoms with Gasteiger partial charge in [-0.1, -0.05) is 25.1 Å². The number of carbonyl (C=O) groups excluding carboxylic acids is 1. The Morgan fingerprint density at radius 3 is 2.69 bits per heavy atom. The number of rotatable bonds is 10. The Hall–Kier alpha value is -4.00. The summed E-state index contributed by atoms with van der Waals surface area (Å²) in [7, 11) is 3.06. The molecule has 3 N–H and O–H groups in total. The first-order valence-electron chi connectivity index (χ1n) is 9.83. The average Bonchev–Trinajstić information content (AvgIpc) is 3.42. The number of nitrogens with one attached hydrogen (secondary N) is 1. The third-order valence-electron chi connectivity index (χ3n) is 4.72. The molecule has 170 valence electrons. The second-order valence-electron chi connectivity index (χ2n) is 6.51. The Morgan fingerprint density at radius 2 is 2.06 bits per heavy atom. The maximum atomic E-state index is 13.1. The van der Waals surface area contributed by atoms with Gasteiger partial charge in [-0.05, 0) is 35.5 Å². The Labute approximate surface area is 184 Å². The van der Waals surface area contributed by atoms with Crippen LogP contribution >= 0.6 is 0 Å². The van der Waals surface area contributed by atoms with E-state index >= 15 is 0 Å². The number of hydrogen-bond donors (Lipinski definition) is 2. The molecule has 0 bridgehead atoms. The maximum absolute atomic E-state index is 13.1. The summed E-state index contributed by atoms with van der Waals surface area (Å²) in [5.74, 6) is 0.511. The topological polar surface area (TPSA) is 159 Å². The zero-order valence-electron chi connectivity index (χ0n) is 18.3. The van der Waals surface area contributed by atoms with Gasteiger partial charge in [-0.25, -0.2) is 10.1 Å². The van der Waals surface area contributed by atoms with Crippen LogP contribution in [-0.2, 0) is 6.54 Å². The highest BCUT2D eigenvalue weighted by Crippen LogP contribution is 2.29. The molecular formula is C19H25N9O4. The predicted molar refractivity (Wildman–Crippen MR) is 115 cm³/mol. The fourth-order valence-electron chi connectivity index (χ4n) is 3.02. The molecule has 3 rings (SSSR count). The number of para-hydroxylation sites is 1. The van der Waals surface area contributed by atoms with E-state index in [1.165, 1.54) is 25.1 Å². The summed E-state index contributed by atoms with van der Waals surface area (Å²) in [5.41, 5.74) is 9.45. The van der Waals surface area contributed by atoms with E-state index in [0.717, 1.165) is 13.1 Å². The average molecular weight is 443 g/mol. The van der Waals surface area contributed by atoms with Gasteiger partial charge in [-0.2, -0.15) is 9.78 Å². The largest absolute Gasteiger partial charge is 0.493 e. The fourth-order valence-corrected chi connectivity index (χ4v) is 3.02. The van der Waals surface area contributed by atoms with Crippen molar-refractivity contribution in [3.05, 3.63) is 35.2 Å². The van der Waals surface area contributed by atoms with Gasteiger partial charge in [0.15, 0.2) is 17.2 Å². The van der Waals surface area contributed by atoms with Gasteiger partial charge in [0.25, 0.3) is 5.91 Å². The lowest BCUT2D eigenvalue weighted by Crippen LogP contribution is -2.27. The van der Waals surface area contributed by atoms with Crippen LogP contribution in [0, 0.1) is 0 Å². The molecule has 2 aromatic heterocycles. The normalized spacial score (nSPS) is 11.3. The van der Waals surface area contributed by atoms with Crippen molar-refractivity contribution in [2.75, 3.05) is 33.0 Å². The minimum Gasteiger partial charge on any atom is -0.493 e. The number of nitrogen functional groups attached to an aromatic ring is 1. The molecule has 0 unspecified atom stereocenters. The van der Waals surface area contributed by atoms with Crippen molar-refractivity contribution in [2.45, 2.75) is 20.4 Å². The van der Waals surface area contributed by atoms with Crippen molar-refractivity contribution in [1.29, 1.82) is 0 Å². The smallest absolute Gasteiger partial charge is 0.292 e. The van der Waals surface area contributed by atoms with Crippen LogP contribution in [0.3, 0.4) is 0 Å². The van der Waals surface area contributed by atoms with Crippen LogP contribution in [0.2, 0.25) is 0 Å². The Bertz CT molecular complexity index is 1090. The molecule has 0 saturated heterocycles. The van der Waals surface area contributed by atoms with E-state index < -0.39 is 5.91 Å². The van der Waals surface area contributed by atoms with Crippen LogP contribution in [0.25, 0.3) is 5.82 Å². The second kappa shape index (κ2) is 10.3. The van der Waals surface area contributed by atoms with Crippen molar-refractivity contribution in [1.82, 2.24) is 35.6 Å². The number of carbonyl (C=O) groups is 1. The molecule has 0 fully saturated rings. The summed E-state index contributed by atoms with van der Waals surface area (Å²) in [6, 6.07) is 5.32. The highest BCUT2D eigenvalue weighted by molar-refractivity contribution is 5.95. The molecule has 0 spiro atoms. The molecule has 0 aliphatic carbocycles. The first kappa shape index (κ1) is 22.7. The van der Waals surface area contributed by atoms with Crippen LogP contribution in [0.15, 0.2) is 27.9 Å². The summed E-state index contributed by atoms with van der Waals surface area (Å²) in [6.07, 6.45) is 1.45. The summed E-state index contributed by atoms with van der Waals surface area (Å²) in [4.78, 5) is 15.1. The zero-order valence-corrected chi connectivity index (χ0v) is 18.3. The first-order valence-corrected chi connectivity index (χ1v) is 9.83. The number of anilines is 1. The monoisotopic (exact) mass is 443 g/mol. The highest BCUT2D eigenvalue weighted by Gasteiger charge is 2.25. The van der Waals surface area contributed by atoms with Gasteiger partial charge in [0.2, 0.25) is 11.6 Å². The minimum atomic E-state index is -0.558. The molecule has 32 heavy (non-hydrogen) atoms. The summed E-state index contributed by atoms with van der Waals surface area (Å²) >= 11 is 0. The van der Waals surface area contributed by atoms with Gasteiger partial charge in [-0.15, -0.1) is 5.10 Å². The van der Waals surface area contributed by atoms with E-state index in [1.54, 1.807) is 18.2 Å². The van der Waals surface area contributed by atoms with Gasteiger partial charge in [0, 0.05) is 12.1 Å². The predicted octanol–water partition coefficient (Wildman–Crippen LogP) is 0.855. The number of aromatic nitrogens is 5. The second-order valence-corrected chi connectivity index (χ2v) is 6.51. The van der Waals surface area contributed by atoms with E-state index in [9.17, 15) is 4.79 Å². The number of nitrogens with zero attached hydrogens (tertiary/aromatic N) is 7. The van der Waals surface area contributed by atoms with E-state index in [2.05, 4.69) is 40.7 Å². The lowest BCUT2D eigenvalue weighted by Gasteiger charge is -2.16. The molecule has 1 amide bonds. The number of ether oxygens (including phenoxy) is 2. The molecule has 1 aromatic carbocycles. The van der Waals surface area contributed by atoms with Crippen molar-refractivity contribution in [3.63, 3.8) is 0 Å². The van der Waals surface area contributed by atoms with Crippen LogP contribution < -0.4 is 20.6 Å². The van der Waals surface area contributed by atoms with Gasteiger partial charge >= 0.3 is 0 Å². The molecule has 0 aliphatic rings. The van der Waals surface area contributed by atoms with E-state index in [4.69, 9.17) is 15.2 Å². The van der Waals surface area contributed by atoms with Gasteiger partial charge in [-0.3, -0.25) is 9.69 Å². The van der Waals surface area contributed by atoms with E-state index in [1.807, 2.05) is 13.8 Å². The molecule has 0 atom stereocenters. The highest BCUT2D eigenvalue weighted by atomic mass is 16.6. The Morgan fingerprint density at radius 1 is 1.28 bits per heavy atom. The van der Waals surface area contributed by atoms with Gasteiger partial charge in [0.05, 0.1) is 20.4 Å². The van der Waals surface area contributed by atoms with Crippen LogP contribution in [0.5, 0.6) is 11.5 Å². The molecule has 2 heterocycles. The third-order valence-corrected chi connectivity index (χ3v) is 4.72. The van der Waals surface area contributed by atoms with E-state index in [0.29, 0.717) is 29.3 Å². The number of benzene rings is 1. The number of nitrogens with two attached hydrogens (primary N) is 1. The molecule has 0 radical (unpaired) electrons. The van der Waals surface area contributed by atoms with Crippen molar-refractivity contribution in [2.24, 2.45) is 5.10 Å². The summed E-state index contributed by atoms with van der Waals surface area (Å²) < 4.78 is 16.5. The summed E-state index contributed by atoms with van der Waals surface area (Å²) in [6.45, 7) is 5.96. The quantitative estimate of drug-likeness (QED) is 0.340. The van der Waals surface area contributed by atoms with E-state index in [-0.39, 0.29) is 17.3 Å². The molecular weight excluding hydrogens is 418 g/mol. The van der Waals surface area contributed by atoms with Gasteiger partial charge in [0.1, 0.15) is 5.69 Å². The fraction of sp³-hybridized carbons (Fsp3) is 0.368. The number of hydrogen-bond acceptors (Lipinski definition) is 11. The lowest BCUT2D eigenvalue weighted by molar-refractivity contribution is 0.0945. The Balaban J connectivity index is 1.90. The maximum Gasteiger partial charge on any atom is 0.292 e. The number of hydrazone groups is 1. The summed E-state index contributed by atoms with van der Waals surface area (Å²) in [5, 5.41) is 19.5. The Kier molecular flexibility index (Phi) is 7.33. The molecule has 0 aliphatic heterocycles. The third kappa shape index (κ3) is 4.67. The SMILES string of the molecule is CCN(CC)Cc1nnn(-c2nonc2N)c1C(=O)N/N=C/c1cccc(OC)c1OC. The minimum absolute atomic E-state index is 0.0250. The molecule has 0 saturated carbocycles. The molecule has 13 heteroatoms. The number of methoxy groups -OCH3 is 2. The van der Waals surface area contributed by atoms with Crippen molar-refractivity contribution >= 4 is 17.9 Å². The van der Waals surface area contributed by atoms with Crippen LogP contribution in [0.1, 0.15) is 35.6 Å². The molecule has 13 nitrogen and oxygen atoms in total. The van der Waals surface area contributed by atoms with Crippen molar-refractivity contribution in [3.8, 4) is 17.3 Å². The lowest BCUT2D eigenvalue weighted by atomic mass is 10.2. The first-order chi connectivity index (χ1) is 15.5. The standard InChI is InChI=1S/C19H25N9O4/c1-5-27(6-2)11-13-15(28(26-22-13)18-17(20)24-32-25-18)19(29)23-21-10-12-8-7-9-14(30-3)16(12)31-4/h7-10H,5-6,11H2,1-4H3,(H2,20,24)(H,23,29)/b21-10+. The zero-order chi connectivity index (χ0) is 23.1. The van der Waals surface area contributed by atoms with Crippen LogP contribution in [-0.4, -0.2) is 69.6 Å². The van der Waals surface area contributed by atoms with Crippen LogP contribution in [0.4, 0.5) is 5.82 Å². The number of amides is 1.